The van der Waals surface area contributed by atoms with Crippen LogP contribution in [-0.4, -0.2) is 35.3 Å². The first kappa shape index (κ1) is 14.9. The summed E-state index contributed by atoms with van der Waals surface area (Å²) in [6, 6.07) is 1.60. The first-order valence-electron chi connectivity index (χ1n) is 6.54. The fraction of sp³-hybridized carbons (Fsp3) is 0.692. The molecule has 2 N–H and O–H groups in total. The highest BCUT2D eigenvalue weighted by molar-refractivity contribution is 5.87. The fourth-order valence-electron chi connectivity index (χ4n) is 2.83. The lowest BCUT2D eigenvalue weighted by Crippen LogP contribution is -2.43. The lowest BCUT2D eigenvalue weighted by molar-refractivity contribution is -0.0518. The number of halogens is 2. The third kappa shape index (κ3) is 2.54. The van der Waals surface area contributed by atoms with E-state index in [1.165, 1.54) is 7.11 Å². The van der Waals surface area contributed by atoms with Gasteiger partial charge in [0.05, 0.1) is 7.11 Å². The molecule has 0 spiro atoms. The van der Waals surface area contributed by atoms with Gasteiger partial charge in [-0.05, 0) is 18.9 Å². The summed E-state index contributed by atoms with van der Waals surface area (Å²) in [7, 11) is 2.96. The number of methoxy groups -OCH3 is 1. The van der Waals surface area contributed by atoms with Crippen LogP contribution in [0.5, 0.6) is 0 Å². The molecule has 5 nitrogen and oxygen atoms in total. The predicted octanol–water partition coefficient (Wildman–Crippen LogP) is 1.61. The van der Waals surface area contributed by atoms with Gasteiger partial charge in [0, 0.05) is 37.5 Å². The average molecular weight is 287 g/mol. The summed E-state index contributed by atoms with van der Waals surface area (Å²) in [5, 5.41) is 4.08. The molecule has 0 amide bonds. The topological polar surface area (TPSA) is 70.1 Å². The van der Waals surface area contributed by atoms with Gasteiger partial charge in [0.25, 0.3) is 0 Å². The van der Waals surface area contributed by atoms with Gasteiger partial charge in [-0.15, -0.1) is 0 Å². The van der Waals surface area contributed by atoms with Crippen LogP contribution in [0.15, 0.2) is 6.07 Å². The quantitative estimate of drug-likeness (QED) is 0.857. The highest BCUT2D eigenvalue weighted by Crippen LogP contribution is 2.44. The van der Waals surface area contributed by atoms with Crippen molar-refractivity contribution in [1.29, 1.82) is 0 Å². The van der Waals surface area contributed by atoms with Crippen LogP contribution in [0, 0.1) is 0 Å². The first-order valence-corrected chi connectivity index (χ1v) is 6.54. The molecule has 20 heavy (non-hydrogen) atoms. The molecular formula is C13H19F2N3O2. The molecule has 1 aliphatic carbocycles. The number of nitrogens with two attached hydrogens (primary N) is 1. The number of carbonyl (C=O) groups is 1. The second kappa shape index (κ2) is 5.12. The highest BCUT2D eigenvalue weighted by atomic mass is 19.3. The van der Waals surface area contributed by atoms with E-state index in [1.54, 1.807) is 17.8 Å². The Labute approximate surface area is 116 Å². The van der Waals surface area contributed by atoms with E-state index in [4.69, 9.17) is 5.73 Å². The molecule has 0 saturated heterocycles. The Kier molecular flexibility index (Phi) is 3.82. The molecule has 1 aromatic heterocycles. The van der Waals surface area contributed by atoms with Gasteiger partial charge in [0.15, 0.2) is 5.69 Å². The fourth-order valence-corrected chi connectivity index (χ4v) is 2.83. The van der Waals surface area contributed by atoms with Crippen LogP contribution in [0.1, 0.15) is 41.9 Å². The summed E-state index contributed by atoms with van der Waals surface area (Å²) in [6.45, 7) is 0.253. The predicted molar refractivity (Wildman–Crippen MR) is 68.7 cm³/mol. The number of ether oxygens (including phenoxy) is 1. The third-order valence-electron chi connectivity index (χ3n) is 4.15. The minimum atomic E-state index is -2.62. The molecule has 0 atom stereocenters. The molecule has 1 aromatic rings. The summed E-state index contributed by atoms with van der Waals surface area (Å²) >= 11 is 0. The van der Waals surface area contributed by atoms with Crippen LogP contribution in [0.3, 0.4) is 0 Å². The normalized spacial score (nSPS) is 20.6. The highest BCUT2D eigenvalue weighted by Gasteiger charge is 2.45. The monoisotopic (exact) mass is 287 g/mol. The van der Waals surface area contributed by atoms with E-state index < -0.39 is 17.3 Å². The van der Waals surface area contributed by atoms with Crippen LogP contribution in [0.2, 0.25) is 0 Å². The molecule has 112 valence electrons. The maximum absolute atomic E-state index is 13.4. The molecular weight excluding hydrogens is 268 g/mol. The van der Waals surface area contributed by atoms with Crippen molar-refractivity contribution in [2.24, 2.45) is 12.8 Å². The standard InChI is InChI=1S/C13H19F2N3O2/c1-18-10(7-9(17-18)11(19)20-2)12(8-16)3-5-13(14,15)6-4-12/h7H,3-6,8,16H2,1-2H3. The number of rotatable bonds is 3. The number of carbonyl (C=O) groups excluding carboxylic acids is 1. The zero-order valence-electron chi connectivity index (χ0n) is 11.7. The van der Waals surface area contributed by atoms with Gasteiger partial charge in [-0.3, -0.25) is 4.68 Å². The number of aryl methyl sites for hydroxylation is 1. The Hall–Kier alpha value is -1.50. The van der Waals surface area contributed by atoms with Gasteiger partial charge >= 0.3 is 5.97 Å². The summed E-state index contributed by atoms with van der Waals surface area (Å²) in [5.74, 6) is -3.16. The maximum Gasteiger partial charge on any atom is 0.358 e. The molecule has 1 heterocycles. The summed E-state index contributed by atoms with van der Waals surface area (Å²) in [5.41, 5.74) is 6.19. The van der Waals surface area contributed by atoms with Crippen LogP contribution in [-0.2, 0) is 17.2 Å². The first-order chi connectivity index (χ1) is 9.33. The Morgan fingerprint density at radius 3 is 2.55 bits per heavy atom. The van der Waals surface area contributed by atoms with Gasteiger partial charge in [-0.25, -0.2) is 13.6 Å². The van der Waals surface area contributed by atoms with E-state index in [1.807, 2.05) is 0 Å². The lowest BCUT2D eigenvalue weighted by Gasteiger charge is -2.39. The van der Waals surface area contributed by atoms with E-state index in [0.717, 1.165) is 5.69 Å². The van der Waals surface area contributed by atoms with Crippen LogP contribution < -0.4 is 5.73 Å². The maximum atomic E-state index is 13.4. The zero-order chi connectivity index (χ0) is 15.0. The lowest BCUT2D eigenvalue weighted by atomic mass is 9.70. The van der Waals surface area contributed by atoms with E-state index in [2.05, 4.69) is 9.84 Å². The van der Waals surface area contributed by atoms with Crippen LogP contribution >= 0.6 is 0 Å². The molecule has 1 aliphatic rings. The van der Waals surface area contributed by atoms with Gasteiger partial charge in [0.1, 0.15) is 0 Å². The van der Waals surface area contributed by atoms with Gasteiger partial charge in [0.2, 0.25) is 5.92 Å². The van der Waals surface area contributed by atoms with Crippen molar-refractivity contribution in [2.45, 2.75) is 37.0 Å². The van der Waals surface area contributed by atoms with Crippen molar-refractivity contribution < 1.29 is 18.3 Å². The summed E-state index contributed by atoms with van der Waals surface area (Å²) in [6.07, 6.45) is 0.194. The van der Waals surface area contributed by atoms with Crippen LogP contribution in [0.4, 0.5) is 8.78 Å². The Morgan fingerprint density at radius 1 is 1.45 bits per heavy atom. The summed E-state index contributed by atoms with van der Waals surface area (Å²) < 4.78 is 32.9. The van der Waals surface area contributed by atoms with Crippen molar-refractivity contribution in [1.82, 2.24) is 9.78 Å². The molecule has 0 aromatic carbocycles. The van der Waals surface area contributed by atoms with Crippen molar-refractivity contribution in [3.63, 3.8) is 0 Å². The van der Waals surface area contributed by atoms with E-state index >= 15 is 0 Å². The third-order valence-corrected chi connectivity index (χ3v) is 4.15. The number of alkyl halides is 2. The van der Waals surface area contributed by atoms with Gasteiger partial charge < -0.3 is 10.5 Å². The smallest absolute Gasteiger partial charge is 0.358 e. The molecule has 0 bridgehead atoms. The Bertz CT molecular complexity index is 504. The van der Waals surface area contributed by atoms with E-state index in [9.17, 15) is 13.6 Å². The second-order valence-electron chi connectivity index (χ2n) is 5.37. The van der Waals surface area contributed by atoms with E-state index in [-0.39, 0.29) is 37.9 Å². The minimum Gasteiger partial charge on any atom is -0.464 e. The van der Waals surface area contributed by atoms with Gasteiger partial charge in [-0.2, -0.15) is 5.10 Å². The molecule has 0 unspecified atom stereocenters. The number of esters is 1. The van der Waals surface area contributed by atoms with E-state index in [0.29, 0.717) is 0 Å². The molecule has 7 heteroatoms. The number of nitrogens with zero attached hydrogens (tertiary/aromatic N) is 2. The SMILES string of the molecule is COC(=O)c1cc(C2(CN)CCC(F)(F)CC2)n(C)n1. The molecule has 1 saturated carbocycles. The van der Waals surface area contributed by atoms with Crippen molar-refractivity contribution in [3.05, 3.63) is 17.5 Å². The molecule has 1 fully saturated rings. The van der Waals surface area contributed by atoms with Crippen LogP contribution in [0.25, 0.3) is 0 Å². The summed E-state index contributed by atoms with van der Waals surface area (Å²) in [4.78, 5) is 11.5. The number of hydrogen-bond donors (Lipinski definition) is 1. The second-order valence-corrected chi connectivity index (χ2v) is 5.37. The minimum absolute atomic E-state index is 0.176. The molecule has 0 aliphatic heterocycles. The molecule has 2 rings (SSSR count). The Balaban J connectivity index is 2.33. The zero-order valence-corrected chi connectivity index (χ0v) is 11.7. The largest absolute Gasteiger partial charge is 0.464 e. The average Bonchev–Trinajstić information content (AvgIpc) is 2.81. The van der Waals surface area contributed by atoms with Crippen molar-refractivity contribution in [3.8, 4) is 0 Å². The van der Waals surface area contributed by atoms with Gasteiger partial charge in [-0.1, -0.05) is 0 Å². The number of hydrogen-bond acceptors (Lipinski definition) is 4. The Morgan fingerprint density at radius 2 is 2.05 bits per heavy atom. The van der Waals surface area contributed by atoms with Crippen molar-refractivity contribution in [2.75, 3.05) is 13.7 Å². The number of aromatic nitrogens is 2. The van der Waals surface area contributed by atoms with Crippen molar-refractivity contribution >= 4 is 5.97 Å². The molecule has 0 radical (unpaired) electrons.